The molecule has 0 spiro atoms. The third-order valence-electron chi connectivity index (χ3n) is 2.75. The van der Waals surface area contributed by atoms with E-state index in [1.807, 2.05) is 13.0 Å². The maximum absolute atomic E-state index is 6.17. The first-order valence-electron chi connectivity index (χ1n) is 5.79. The topological polar surface area (TPSA) is 37.8 Å². The SMILES string of the molecule is Cc1cc2c(Nc3cc(Cl)c(Cl)cc3Cl)nc(Cl)nc2s1. The molecule has 3 aromatic rings. The average Bonchev–Trinajstić information content (AvgIpc) is 2.76. The molecule has 3 nitrogen and oxygen atoms in total. The van der Waals surface area contributed by atoms with E-state index in [4.69, 9.17) is 46.4 Å². The van der Waals surface area contributed by atoms with Gasteiger partial charge in [0.1, 0.15) is 10.6 Å². The molecule has 108 valence electrons. The Morgan fingerprint density at radius 3 is 2.43 bits per heavy atom. The largest absolute Gasteiger partial charge is 0.338 e. The van der Waals surface area contributed by atoms with Crippen LogP contribution < -0.4 is 5.32 Å². The second-order valence-corrected chi connectivity index (χ2v) is 7.08. The van der Waals surface area contributed by atoms with Crippen LogP contribution in [0.5, 0.6) is 0 Å². The predicted octanol–water partition coefficient (Wildman–Crippen LogP) is 6.36. The van der Waals surface area contributed by atoms with E-state index in [-0.39, 0.29) is 5.28 Å². The highest BCUT2D eigenvalue weighted by molar-refractivity contribution is 7.18. The van der Waals surface area contributed by atoms with Crippen molar-refractivity contribution >= 4 is 79.5 Å². The Balaban J connectivity index is 2.11. The molecule has 1 N–H and O–H groups in total. The molecule has 0 bridgehead atoms. The van der Waals surface area contributed by atoms with Crippen LogP contribution in [0, 0.1) is 6.92 Å². The third-order valence-corrected chi connectivity index (χ3v) is 4.90. The van der Waals surface area contributed by atoms with Crippen molar-refractivity contribution in [3.8, 4) is 0 Å². The van der Waals surface area contributed by atoms with Crippen LogP contribution >= 0.6 is 57.7 Å². The number of nitrogens with one attached hydrogen (secondary N) is 1. The number of aromatic nitrogens is 2. The van der Waals surface area contributed by atoms with Gasteiger partial charge in [0.2, 0.25) is 5.28 Å². The Kier molecular flexibility index (Phi) is 4.17. The average molecular weight is 379 g/mol. The summed E-state index contributed by atoms with van der Waals surface area (Å²) in [6.45, 7) is 2.00. The zero-order valence-corrected chi connectivity index (χ0v) is 14.4. The first-order valence-corrected chi connectivity index (χ1v) is 8.12. The quantitative estimate of drug-likeness (QED) is 0.416. The zero-order valence-electron chi connectivity index (χ0n) is 10.5. The molecule has 2 aromatic heterocycles. The van der Waals surface area contributed by atoms with Crippen LogP contribution in [0.3, 0.4) is 0 Å². The summed E-state index contributed by atoms with van der Waals surface area (Å²) in [5.74, 6) is 0.578. The lowest BCUT2D eigenvalue weighted by Gasteiger charge is -2.10. The summed E-state index contributed by atoms with van der Waals surface area (Å²) in [5, 5.41) is 5.42. The highest BCUT2D eigenvalue weighted by Crippen LogP contribution is 2.36. The van der Waals surface area contributed by atoms with Gasteiger partial charge in [0.25, 0.3) is 0 Å². The number of hydrogen-bond acceptors (Lipinski definition) is 4. The van der Waals surface area contributed by atoms with E-state index in [0.29, 0.717) is 26.6 Å². The molecule has 0 unspecified atom stereocenters. The number of anilines is 2. The van der Waals surface area contributed by atoms with E-state index in [2.05, 4.69) is 15.3 Å². The molecule has 21 heavy (non-hydrogen) atoms. The lowest BCUT2D eigenvalue weighted by Crippen LogP contribution is -1.96. The van der Waals surface area contributed by atoms with Crippen molar-refractivity contribution in [2.75, 3.05) is 5.32 Å². The molecule has 8 heteroatoms. The maximum Gasteiger partial charge on any atom is 0.225 e. The molecular weight excluding hydrogens is 372 g/mol. The number of rotatable bonds is 2. The summed E-state index contributed by atoms with van der Waals surface area (Å²) in [5.41, 5.74) is 0.603. The Morgan fingerprint density at radius 2 is 1.67 bits per heavy atom. The van der Waals surface area contributed by atoms with Crippen molar-refractivity contribution in [3.63, 3.8) is 0 Å². The lowest BCUT2D eigenvalue weighted by atomic mass is 10.3. The van der Waals surface area contributed by atoms with E-state index in [0.717, 1.165) is 15.1 Å². The van der Waals surface area contributed by atoms with E-state index in [9.17, 15) is 0 Å². The minimum absolute atomic E-state index is 0.169. The summed E-state index contributed by atoms with van der Waals surface area (Å²) in [6, 6.07) is 5.21. The Bertz CT molecular complexity index is 847. The first-order chi connectivity index (χ1) is 9.94. The smallest absolute Gasteiger partial charge is 0.225 e. The van der Waals surface area contributed by atoms with E-state index >= 15 is 0 Å². The van der Waals surface area contributed by atoms with E-state index < -0.39 is 0 Å². The second-order valence-electron chi connectivity index (χ2n) is 4.29. The molecule has 0 saturated carbocycles. The second kappa shape index (κ2) is 5.78. The van der Waals surface area contributed by atoms with Gasteiger partial charge in [-0.15, -0.1) is 11.3 Å². The van der Waals surface area contributed by atoms with Gasteiger partial charge in [-0.3, -0.25) is 0 Å². The van der Waals surface area contributed by atoms with Gasteiger partial charge >= 0.3 is 0 Å². The van der Waals surface area contributed by atoms with Gasteiger partial charge < -0.3 is 5.32 Å². The fourth-order valence-electron chi connectivity index (χ4n) is 1.86. The van der Waals surface area contributed by atoms with Gasteiger partial charge in [-0.25, -0.2) is 4.98 Å². The van der Waals surface area contributed by atoms with Crippen molar-refractivity contribution < 1.29 is 0 Å². The van der Waals surface area contributed by atoms with Gasteiger partial charge in [-0.05, 0) is 36.7 Å². The molecular formula is C13H7Cl4N3S. The molecule has 3 rings (SSSR count). The fraction of sp³-hybridized carbons (Fsp3) is 0.0769. The normalized spacial score (nSPS) is 11.1. The van der Waals surface area contributed by atoms with E-state index in [1.54, 1.807) is 23.5 Å². The predicted molar refractivity (Wildman–Crippen MR) is 91.9 cm³/mol. The summed E-state index contributed by atoms with van der Waals surface area (Å²) in [6.07, 6.45) is 0. The monoisotopic (exact) mass is 377 g/mol. The van der Waals surface area contributed by atoms with Gasteiger partial charge in [0.05, 0.1) is 26.1 Å². The summed E-state index contributed by atoms with van der Waals surface area (Å²) < 4.78 is 0. The first kappa shape index (κ1) is 15.1. The highest BCUT2D eigenvalue weighted by Gasteiger charge is 2.12. The summed E-state index contributed by atoms with van der Waals surface area (Å²) in [7, 11) is 0. The standard InChI is InChI=1S/C13H7Cl4N3S/c1-5-2-6-11(19-13(17)20-12(6)21-5)18-10-4-8(15)7(14)3-9(10)16/h2-4H,1H3,(H,18,19,20). The number of nitrogens with zero attached hydrogens (tertiary/aromatic N) is 2. The molecule has 0 atom stereocenters. The van der Waals surface area contributed by atoms with Gasteiger partial charge in [0.15, 0.2) is 0 Å². The minimum Gasteiger partial charge on any atom is -0.338 e. The number of thiophene rings is 1. The van der Waals surface area contributed by atoms with Crippen molar-refractivity contribution in [2.24, 2.45) is 0 Å². The number of hydrogen-bond donors (Lipinski definition) is 1. The summed E-state index contributed by atoms with van der Waals surface area (Å²) in [4.78, 5) is 10.4. The molecule has 1 aromatic carbocycles. The molecule has 0 aliphatic heterocycles. The van der Waals surface area contributed by atoms with Crippen molar-refractivity contribution in [1.29, 1.82) is 0 Å². The number of aryl methyl sites for hydroxylation is 1. The molecule has 0 amide bonds. The molecule has 0 fully saturated rings. The summed E-state index contributed by atoms with van der Waals surface area (Å²) >= 11 is 25.6. The maximum atomic E-state index is 6.17. The molecule has 0 aliphatic carbocycles. The molecule has 0 saturated heterocycles. The van der Waals surface area contributed by atoms with Crippen LogP contribution in [0.15, 0.2) is 18.2 Å². The Labute approximate surface area is 144 Å². The number of fused-ring (bicyclic) bond motifs is 1. The van der Waals surface area contributed by atoms with Gasteiger partial charge in [-0.1, -0.05) is 34.8 Å². The van der Waals surface area contributed by atoms with E-state index in [1.165, 1.54) is 0 Å². The van der Waals surface area contributed by atoms with Crippen LogP contribution in [-0.2, 0) is 0 Å². The van der Waals surface area contributed by atoms with Crippen LogP contribution in [0.1, 0.15) is 4.88 Å². The van der Waals surface area contributed by atoms with Crippen molar-refractivity contribution in [2.45, 2.75) is 6.92 Å². The Hall–Kier alpha value is -0.780. The van der Waals surface area contributed by atoms with Gasteiger partial charge in [0, 0.05) is 4.88 Å². The van der Waals surface area contributed by atoms with Crippen LogP contribution in [0.4, 0.5) is 11.5 Å². The lowest BCUT2D eigenvalue weighted by molar-refractivity contribution is 1.23. The van der Waals surface area contributed by atoms with Crippen molar-refractivity contribution in [3.05, 3.63) is 43.4 Å². The van der Waals surface area contributed by atoms with Crippen LogP contribution in [0.25, 0.3) is 10.2 Å². The fourth-order valence-corrected chi connectivity index (χ4v) is 3.55. The molecule has 2 heterocycles. The van der Waals surface area contributed by atoms with Crippen molar-refractivity contribution in [1.82, 2.24) is 9.97 Å². The zero-order chi connectivity index (χ0) is 15.1. The van der Waals surface area contributed by atoms with Crippen LogP contribution in [-0.4, -0.2) is 9.97 Å². The molecule has 0 aliphatic rings. The highest BCUT2D eigenvalue weighted by atomic mass is 35.5. The minimum atomic E-state index is 0.169. The molecule has 0 radical (unpaired) electrons. The Morgan fingerprint density at radius 1 is 0.952 bits per heavy atom. The number of halogens is 4. The van der Waals surface area contributed by atoms with Gasteiger partial charge in [-0.2, -0.15) is 4.98 Å². The number of benzene rings is 1. The third kappa shape index (κ3) is 3.05. The van der Waals surface area contributed by atoms with Crippen LogP contribution in [0.2, 0.25) is 20.4 Å².